The van der Waals surface area contributed by atoms with Gasteiger partial charge in [-0.1, -0.05) is 6.92 Å². The number of ether oxygens (including phenoxy) is 1. The summed E-state index contributed by atoms with van der Waals surface area (Å²) in [6, 6.07) is 4.32. The monoisotopic (exact) mass is 370 g/mol. The van der Waals surface area contributed by atoms with Gasteiger partial charge in [-0.2, -0.15) is 4.31 Å². The minimum Gasteiger partial charge on any atom is -0.495 e. The average molecular weight is 370 g/mol. The molecule has 0 radical (unpaired) electrons. The van der Waals surface area contributed by atoms with Crippen LogP contribution in [0.15, 0.2) is 23.1 Å². The van der Waals surface area contributed by atoms with Crippen molar-refractivity contribution >= 4 is 27.6 Å². The first-order chi connectivity index (χ1) is 11.6. The molecule has 9 heteroatoms. The number of nitrogens with zero attached hydrogens (tertiary/aromatic N) is 1. The van der Waals surface area contributed by atoms with Crippen molar-refractivity contribution in [3.05, 3.63) is 18.2 Å². The van der Waals surface area contributed by atoms with Gasteiger partial charge in [-0.05, 0) is 30.5 Å². The van der Waals surface area contributed by atoms with Crippen molar-refractivity contribution in [3.8, 4) is 5.75 Å². The second kappa shape index (κ2) is 7.40. The van der Waals surface area contributed by atoms with E-state index in [1.54, 1.807) is 0 Å². The zero-order valence-electron chi connectivity index (χ0n) is 14.4. The predicted molar refractivity (Wildman–Crippen MR) is 91.0 cm³/mol. The Hall–Kier alpha value is -2.13. The number of hydrogen-bond acceptors (Lipinski definition) is 5. The van der Waals surface area contributed by atoms with E-state index in [1.165, 1.54) is 36.5 Å². The van der Waals surface area contributed by atoms with Gasteiger partial charge < -0.3 is 15.2 Å². The fourth-order valence-electron chi connectivity index (χ4n) is 2.98. The standard InChI is InChI=1S/C16H22N2O6S/c1-10-6-12(16(20)21)9-18(8-10)25(22,23)15-7-13(17-11(2)19)4-5-14(15)24-3/h4-5,7,10,12H,6,8-9H2,1-3H3,(H,17,19)(H,20,21). The number of carboxylic acids is 1. The van der Waals surface area contributed by atoms with Crippen molar-refractivity contribution in [1.29, 1.82) is 0 Å². The first-order valence-electron chi connectivity index (χ1n) is 7.83. The van der Waals surface area contributed by atoms with E-state index in [0.29, 0.717) is 12.1 Å². The number of methoxy groups -OCH3 is 1. The van der Waals surface area contributed by atoms with Gasteiger partial charge in [0.05, 0.1) is 13.0 Å². The van der Waals surface area contributed by atoms with Crippen LogP contribution in [0.1, 0.15) is 20.3 Å². The molecule has 1 aliphatic heterocycles. The first-order valence-corrected chi connectivity index (χ1v) is 9.27. The van der Waals surface area contributed by atoms with Crippen LogP contribution < -0.4 is 10.1 Å². The fourth-order valence-corrected chi connectivity index (χ4v) is 4.76. The second-order valence-electron chi connectivity index (χ2n) is 6.24. The van der Waals surface area contributed by atoms with Gasteiger partial charge in [-0.15, -0.1) is 0 Å². The largest absolute Gasteiger partial charge is 0.495 e. The van der Waals surface area contributed by atoms with E-state index in [1.807, 2.05) is 6.92 Å². The Balaban J connectivity index is 2.43. The highest BCUT2D eigenvalue weighted by Gasteiger charge is 2.37. The van der Waals surface area contributed by atoms with Crippen molar-refractivity contribution in [3.63, 3.8) is 0 Å². The van der Waals surface area contributed by atoms with Gasteiger partial charge >= 0.3 is 5.97 Å². The number of carbonyl (C=O) groups is 2. The molecule has 1 fully saturated rings. The van der Waals surface area contributed by atoms with Gasteiger partial charge in [0.1, 0.15) is 10.6 Å². The van der Waals surface area contributed by atoms with Crippen LogP contribution in [0, 0.1) is 11.8 Å². The van der Waals surface area contributed by atoms with Crippen LogP contribution in [0.5, 0.6) is 5.75 Å². The lowest BCUT2D eigenvalue weighted by molar-refractivity contribution is -0.143. The number of sulfonamides is 1. The summed E-state index contributed by atoms with van der Waals surface area (Å²) < 4.78 is 32.4. The van der Waals surface area contributed by atoms with Crippen LogP contribution in [0.2, 0.25) is 0 Å². The van der Waals surface area contributed by atoms with E-state index in [0.717, 1.165) is 0 Å². The number of nitrogens with one attached hydrogen (secondary N) is 1. The highest BCUT2D eigenvalue weighted by atomic mass is 32.2. The normalized spacial score (nSPS) is 21.6. The summed E-state index contributed by atoms with van der Waals surface area (Å²) in [7, 11) is -2.62. The molecule has 2 N–H and O–H groups in total. The predicted octanol–water partition coefficient (Wildman–Crippen LogP) is 1.38. The fraction of sp³-hybridized carbons (Fsp3) is 0.500. The summed E-state index contributed by atoms with van der Waals surface area (Å²) in [6.07, 6.45) is 0.435. The SMILES string of the molecule is COc1ccc(NC(C)=O)cc1S(=O)(=O)N1CC(C)CC(C(=O)O)C1. The Morgan fingerprint density at radius 3 is 2.56 bits per heavy atom. The molecule has 0 aliphatic carbocycles. The Morgan fingerprint density at radius 2 is 2.00 bits per heavy atom. The lowest BCUT2D eigenvalue weighted by Crippen LogP contribution is -2.45. The Kier molecular flexibility index (Phi) is 5.69. The van der Waals surface area contributed by atoms with Crippen LogP contribution in [-0.4, -0.2) is 49.9 Å². The number of rotatable bonds is 5. The molecule has 8 nitrogen and oxygen atoms in total. The first kappa shape index (κ1) is 19.2. The molecule has 25 heavy (non-hydrogen) atoms. The summed E-state index contributed by atoms with van der Waals surface area (Å²) in [4.78, 5) is 22.4. The van der Waals surface area contributed by atoms with Crippen molar-refractivity contribution < 1.29 is 27.9 Å². The molecule has 2 unspecified atom stereocenters. The molecule has 0 saturated carbocycles. The molecule has 1 aliphatic rings. The summed E-state index contributed by atoms with van der Waals surface area (Å²) in [5, 5.41) is 11.8. The summed E-state index contributed by atoms with van der Waals surface area (Å²) in [5.74, 6) is -2.02. The molecule has 0 bridgehead atoms. The lowest BCUT2D eigenvalue weighted by atomic mass is 9.92. The van der Waals surface area contributed by atoms with E-state index in [4.69, 9.17) is 4.74 Å². The molecule has 1 saturated heterocycles. The van der Waals surface area contributed by atoms with E-state index in [2.05, 4.69) is 5.32 Å². The van der Waals surface area contributed by atoms with Crippen LogP contribution in [-0.2, 0) is 19.6 Å². The number of hydrogen-bond donors (Lipinski definition) is 2. The number of piperidine rings is 1. The Labute approximate surface area is 146 Å². The van der Waals surface area contributed by atoms with Gasteiger partial charge in [0.25, 0.3) is 0 Å². The van der Waals surface area contributed by atoms with Gasteiger partial charge in [0.15, 0.2) is 0 Å². The van der Waals surface area contributed by atoms with Crippen LogP contribution in [0.3, 0.4) is 0 Å². The van der Waals surface area contributed by atoms with Gasteiger partial charge in [0, 0.05) is 25.7 Å². The third kappa shape index (κ3) is 4.29. The number of carboxylic acid groups (broad SMARTS) is 1. The molecular formula is C16H22N2O6S. The van der Waals surface area contributed by atoms with Crippen molar-refractivity contribution in [2.45, 2.75) is 25.2 Å². The minimum atomic E-state index is -3.97. The number of benzene rings is 1. The maximum Gasteiger partial charge on any atom is 0.307 e. The topological polar surface area (TPSA) is 113 Å². The number of amides is 1. The van der Waals surface area contributed by atoms with Crippen molar-refractivity contribution in [2.75, 3.05) is 25.5 Å². The molecule has 1 aromatic rings. The van der Waals surface area contributed by atoms with Gasteiger partial charge in [-0.25, -0.2) is 8.42 Å². The Morgan fingerprint density at radius 1 is 1.32 bits per heavy atom. The van der Waals surface area contributed by atoms with Crippen LogP contribution in [0.4, 0.5) is 5.69 Å². The average Bonchev–Trinajstić information content (AvgIpc) is 2.53. The second-order valence-corrected chi connectivity index (χ2v) is 8.15. The van der Waals surface area contributed by atoms with Crippen molar-refractivity contribution in [2.24, 2.45) is 11.8 Å². The molecule has 2 atom stereocenters. The molecule has 1 amide bonds. The van der Waals surface area contributed by atoms with Crippen LogP contribution >= 0.6 is 0 Å². The smallest absolute Gasteiger partial charge is 0.307 e. The maximum atomic E-state index is 13.1. The number of anilines is 1. The summed E-state index contributed by atoms with van der Waals surface area (Å²) in [5.41, 5.74) is 0.326. The van der Waals surface area contributed by atoms with Crippen molar-refractivity contribution in [1.82, 2.24) is 4.31 Å². The van der Waals surface area contributed by atoms with Gasteiger partial charge in [0.2, 0.25) is 15.9 Å². The van der Waals surface area contributed by atoms with E-state index >= 15 is 0 Å². The quantitative estimate of drug-likeness (QED) is 0.810. The summed E-state index contributed by atoms with van der Waals surface area (Å²) >= 11 is 0. The highest BCUT2D eigenvalue weighted by Crippen LogP contribution is 2.33. The Bertz CT molecular complexity index is 777. The summed E-state index contributed by atoms with van der Waals surface area (Å²) in [6.45, 7) is 3.29. The van der Waals surface area contributed by atoms with E-state index < -0.39 is 21.9 Å². The molecule has 0 aromatic heterocycles. The molecule has 1 aromatic carbocycles. The van der Waals surface area contributed by atoms with E-state index in [9.17, 15) is 23.1 Å². The molecule has 2 rings (SSSR count). The van der Waals surface area contributed by atoms with E-state index in [-0.39, 0.29) is 35.6 Å². The molecular weight excluding hydrogens is 348 g/mol. The zero-order chi connectivity index (χ0) is 18.8. The maximum absolute atomic E-state index is 13.1. The zero-order valence-corrected chi connectivity index (χ0v) is 15.2. The van der Waals surface area contributed by atoms with Crippen LogP contribution in [0.25, 0.3) is 0 Å². The molecule has 0 spiro atoms. The third-order valence-corrected chi connectivity index (χ3v) is 5.93. The molecule has 1 heterocycles. The minimum absolute atomic E-state index is 0.0749. The lowest BCUT2D eigenvalue weighted by Gasteiger charge is -2.34. The third-order valence-electron chi connectivity index (χ3n) is 4.08. The highest BCUT2D eigenvalue weighted by molar-refractivity contribution is 7.89. The molecule has 138 valence electrons. The van der Waals surface area contributed by atoms with Gasteiger partial charge in [-0.3, -0.25) is 9.59 Å². The number of aliphatic carboxylic acids is 1. The number of carbonyl (C=O) groups excluding carboxylic acids is 1.